The quantitative estimate of drug-likeness (QED) is 0.750. The first-order chi connectivity index (χ1) is 6.33. The lowest BCUT2D eigenvalue weighted by Crippen LogP contribution is -2.35. The van der Waals surface area contributed by atoms with Crippen LogP contribution in [0.3, 0.4) is 0 Å². The second-order valence-corrected chi connectivity index (χ2v) is 3.96. The molecule has 1 aliphatic rings. The summed E-state index contributed by atoms with van der Waals surface area (Å²) < 4.78 is 0. The number of benzene rings is 1. The Kier molecular flexibility index (Phi) is 2.36. The van der Waals surface area contributed by atoms with Gasteiger partial charge in [-0.1, -0.05) is 37.6 Å². The van der Waals surface area contributed by atoms with Gasteiger partial charge in [-0.25, -0.2) is 0 Å². The Hall–Kier alpha value is -0.820. The Morgan fingerprint density at radius 2 is 2.23 bits per heavy atom. The second kappa shape index (κ2) is 3.51. The summed E-state index contributed by atoms with van der Waals surface area (Å²) in [5.41, 5.74) is 9.09. The van der Waals surface area contributed by atoms with E-state index in [0.29, 0.717) is 12.0 Å². The molecule has 0 aliphatic heterocycles. The van der Waals surface area contributed by atoms with Crippen LogP contribution < -0.4 is 5.73 Å². The van der Waals surface area contributed by atoms with E-state index in [1.165, 1.54) is 24.0 Å². The Balaban J connectivity index is 2.08. The summed E-state index contributed by atoms with van der Waals surface area (Å²) >= 11 is 0. The van der Waals surface area contributed by atoms with Gasteiger partial charge in [-0.3, -0.25) is 0 Å². The summed E-state index contributed by atoms with van der Waals surface area (Å²) in [6, 6.07) is 9.04. The van der Waals surface area contributed by atoms with Crippen LogP contribution in [0.15, 0.2) is 24.3 Å². The zero-order chi connectivity index (χ0) is 9.26. The maximum absolute atomic E-state index is 6.10. The van der Waals surface area contributed by atoms with Crippen molar-refractivity contribution >= 4 is 0 Å². The van der Waals surface area contributed by atoms with Crippen molar-refractivity contribution in [2.24, 2.45) is 5.73 Å². The molecule has 1 heteroatoms. The molecule has 0 heterocycles. The first-order valence-electron chi connectivity index (χ1n) is 5.16. The highest BCUT2D eigenvalue weighted by Crippen LogP contribution is 2.37. The molecular weight excluding hydrogens is 158 g/mol. The molecule has 0 amide bonds. The van der Waals surface area contributed by atoms with Crippen LogP contribution >= 0.6 is 0 Å². The van der Waals surface area contributed by atoms with Crippen molar-refractivity contribution in [3.63, 3.8) is 0 Å². The molecule has 1 aromatic rings. The van der Waals surface area contributed by atoms with E-state index in [-0.39, 0.29) is 0 Å². The maximum Gasteiger partial charge on any atom is 0.0111 e. The zero-order valence-electron chi connectivity index (χ0n) is 8.16. The predicted molar refractivity (Wildman–Crippen MR) is 55.8 cm³/mol. The van der Waals surface area contributed by atoms with Gasteiger partial charge in [-0.05, 0) is 24.0 Å². The average Bonchev–Trinajstić information content (AvgIpc) is 2.07. The van der Waals surface area contributed by atoms with Crippen molar-refractivity contribution in [2.45, 2.75) is 38.1 Å². The van der Waals surface area contributed by atoms with Gasteiger partial charge < -0.3 is 5.73 Å². The Labute approximate surface area is 80.0 Å². The highest BCUT2D eigenvalue weighted by Gasteiger charge is 2.29. The molecule has 2 rings (SSSR count). The van der Waals surface area contributed by atoms with Crippen LogP contribution in [0.25, 0.3) is 0 Å². The number of nitrogens with two attached hydrogens (primary N) is 1. The zero-order valence-corrected chi connectivity index (χ0v) is 8.16. The molecule has 0 saturated carbocycles. The van der Waals surface area contributed by atoms with Gasteiger partial charge in [0.05, 0.1) is 0 Å². The summed E-state index contributed by atoms with van der Waals surface area (Å²) in [5.74, 6) is 0.635. The minimum absolute atomic E-state index is 0.375. The molecule has 0 spiro atoms. The Morgan fingerprint density at radius 1 is 1.46 bits per heavy atom. The minimum atomic E-state index is 0.375. The number of rotatable bonds is 3. The lowest BCUT2D eigenvalue weighted by Gasteiger charge is -2.34. The third-order valence-corrected chi connectivity index (χ3v) is 3.03. The molecule has 0 fully saturated rings. The smallest absolute Gasteiger partial charge is 0.0111 e. The van der Waals surface area contributed by atoms with Gasteiger partial charge in [0.25, 0.3) is 0 Å². The molecule has 2 N–H and O–H groups in total. The number of hydrogen-bond acceptors (Lipinski definition) is 1. The van der Waals surface area contributed by atoms with Gasteiger partial charge >= 0.3 is 0 Å². The lowest BCUT2D eigenvalue weighted by molar-refractivity contribution is 0.454. The van der Waals surface area contributed by atoms with Gasteiger partial charge in [0.2, 0.25) is 0 Å². The van der Waals surface area contributed by atoms with Gasteiger partial charge in [0, 0.05) is 12.0 Å². The fraction of sp³-hybridized carbons (Fsp3) is 0.500. The molecule has 0 aromatic heterocycles. The predicted octanol–water partition coefficient (Wildman–Crippen LogP) is 2.45. The molecule has 1 aliphatic carbocycles. The summed E-state index contributed by atoms with van der Waals surface area (Å²) in [6.45, 7) is 2.20. The van der Waals surface area contributed by atoms with Crippen LogP contribution in [0.1, 0.15) is 36.8 Å². The largest absolute Gasteiger partial charge is 0.327 e. The summed E-state index contributed by atoms with van der Waals surface area (Å²) in [5, 5.41) is 0. The maximum atomic E-state index is 6.10. The number of fused-ring (bicyclic) bond motifs is 1. The van der Waals surface area contributed by atoms with E-state index < -0.39 is 0 Å². The van der Waals surface area contributed by atoms with E-state index >= 15 is 0 Å². The molecule has 0 radical (unpaired) electrons. The molecular formula is C12H17N. The molecule has 1 aromatic carbocycles. The van der Waals surface area contributed by atoms with Crippen LogP contribution in [-0.4, -0.2) is 6.04 Å². The van der Waals surface area contributed by atoms with E-state index in [1.54, 1.807) is 0 Å². The van der Waals surface area contributed by atoms with Crippen molar-refractivity contribution in [3.8, 4) is 0 Å². The second-order valence-electron chi connectivity index (χ2n) is 3.96. The van der Waals surface area contributed by atoms with E-state index in [1.807, 2.05) is 0 Å². The fourth-order valence-corrected chi connectivity index (χ4v) is 2.21. The van der Waals surface area contributed by atoms with Gasteiger partial charge in [-0.15, -0.1) is 0 Å². The Morgan fingerprint density at radius 3 is 2.92 bits per heavy atom. The summed E-state index contributed by atoms with van der Waals surface area (Å²) in [6.07, 6.45) is 3.54. The van der Waals surface area contributed by atoms with Crippen LogP contribution in [0.4, 0.5) is 0 Å². The monoisotopic (exact) mass is 175 g/mol. The van der Waals surface area contributed by atoms with Crippen molar-refractivity contribution < 1.29 is 0 Å². The third kappa shape index (κ3) is 1.49. The van der Waals surface area contributed by atoms with E-state index in [4.69, 9.17) is 5.73 Å². The third-order valence-electron chi connectivity index (χ3n) is 3.03. The Bertz CT molecular complexity index is 293. The highest BCUT2D eigenvalue weighted by atomic mass is 14.7. The fourth-order valence-electron chi connectivity index (χ4n) is 2.21. The van der Waals surface area contributed by atoms with Crippen LogP contribution in [0.2, 0.25) is 0 Å². The molecule has 2 atom stereocenters. The average molecular weight is 175 g/mol. The lowest BCUT2D eigenvalue weighted by atomic mass is 9.73. The molecule has 70 valence electrons. The molecule has 13 heavy (non-hydrogen) atoms. The first-order valence-corrected chi connectivity index (χ1v) is 5.16. The van der Waals surface area contributed by atoms with Crippen molar-refractivity contribution in [1.29, 1.82) is 0 Å². The van der Waals surface area contributed by atoms with Crippen LogP contribution in [0, 0.1) is 0 Å². The van der Waals surface area contributed by atoms with Gasteiger partial charge in [0.1, 0.15) is 0 Å². The van der Waals surface area contributed by atoms with Gasteiger partial charge in [-0.2, -0.15) is 0 Å². The van der Waals surface area contributed by atoms with Gasteiger partial charge in [0.15, 0.2) is 0 Å². The standard InChI is InChI=1S/C12H17N/c1-2-5-12(13)11-8-9-6-3-4-7-10(9)11/h3-4,6-7,11-12H,2,5,8,13H2,1H3/t11?,12-/m1/s1. The summed E-state index contributed by atoms with van der Waals surface area (Å²) in [7, 11) is 0. The number of hydrogen-bond donors (Lipinski definition) is 1. The molecule has 1 nitrogen and oxygen atoms in total. The van der Waals surface area contributed by atoms with Crippen molar-refractivity contribution in [2.75, 3.05) is 0 Å². The molecule has 0 saturated heterocycles. The van der Waals surface area contributed by atoms with Crippen LogP contribution in [0.5, 0.6) is 0 Å². The SMILES string of the molecule is CCC[C@@H](N)C1Cc2ccccc21. The van der Waals surface area contributed by atoms with E-state index in [9.17, 15) is 0 Å². The summed E-state index contributed by atoms with van der Waals surface area (Å²) in [4.78, 5) is 0. The van der Waals surface area contributed by atoms with E-state index in [2.05, 4.69) is 31.2 Å². The first kappa shape index (κ1) is 8.76. The molecule has 0 bridgehead atoms. The highest BCUT2D eigenvalue weighted by molar-refractivity contribution is 5.41. The normalized spacial score (nSPS) is 21.8. The molecule has 1 unspecified atom stereocenters. The topological polar surface area (TPSA) is 26.0 Å². The van der Waals surface area contributed by atoms with Crippen molar-refractivity contribution in [1.82, 2.24) is 0 Å². The minimum Gasteiger partial charge on any atom is -0.327 e. The van der Waals surface area contributed by atoms with Crippen LogP contribution in [-0.2, 0) is 6.42 Å². The van der Waals surface area contributed by atoms with E-state index in [0.717, 1.165) is 6.42 Å². The van der Waals surface area contributed by atoms with Crippen molar-refractivity contribution in [3.05, 3.63) is 35.4 Å².